The van der Waals surface area contributed by atoms with Crippen molar-refractivity contribution >= 4 is 17.5 Å². The number of benzene rings is 1. The molecule has 1 atom stereocenters. The smallest absolute Gasteiger partial charge is 0.256 e. The van der Waals surface area contributed by atoms with Gasteiger partial charge in [0.1, 0.15) is 0 Å². The number of carbonyl (C=O) groups excluding carboxylic acids is 2. The van der Waals surface area contributed by atoms with Gasteiger partial charge in [0.25, 0.3) is 5.91 Å². The lowest BCUT2D eigenvalue weighted by Gasteiger charge is -2.31. The van der Waals surface area contributed by atoms with Gasteiger partial charge in [0, 0.05) is 51.9 Å². The number of aliphatic hydroxyl groups excluding tert-OH is 1. The van der Waals surface area contributed by atoms with Gasteiger partial charge >= 0.3 is 0 Å². The van der Waals surface area contributed by atoms with Crippen molar-refractivity contribution in [3.05, 3.63) is 29.8 Å². The molecule has 2 amide bonds. The van der Waals surface area contributed by atoms with Gasteiger partial charge in [-0.05, 0) is 12.1 Å². The lowest BCUT2D eigenvalue weighted by molar-refractivity contribution is -0.129. The zero-order valence-corrected chi connectivity index (χ0v) is 14.6. The quantitative estimate of drug-likeness (QED) is 0.827. The summed E-state index contributed by atoms with van der Waals surface area (Å²) < 4.78 is 5.40. The van der Waals surface area contributed by atoms with E-state index in [-0.39, 0.29) is 24.9 Å². The van der Waals surface area contributed by atoms with Crippen LogP contribution >= 0.6 is 0 Å². The van der Waals surface area contributed by atoms with Crippen molar-refractivity contribution in [3.63, 3.8) is 0 Å². The van der Waals surface area contributed by atoms with Gasteiger partial charge in [-0.25, -0.2) is 0 Å². The van der Waals surface area contributed by atoms with Crippen LogP contribution in [0.4, 0.5) is 5.69 Å². The first-order valence-corrected chi connectivity index (χ1v) is 8.71. The van der Waals surface area contributed by atoms with E-state index in [1.54, 1.807) is 9.80 Å². The molecule has 1 aromatic rings. The maximum Gasteiger partial charge on any atom is 0.256 e. The Morgan fingerprint density at radius 3 is 2.40 bits per heavy atom. The van der Waals surface area contributed by atoms with E-state index in [0.717, 1.165) is 18.8 Å². The highest BCUT2D eigenvalue weighted by molar-refractivity contribution is 6.00. The first kappa shape index (κ1) is 17.7. The van der Waals surface area contributed by atoms with Gasteiger partial charge in [-0.3, -0.25) is 9.59 Å². The number of ether oxygens (including phenoxy) is 1. The van der Waals surface area contributed by atoms with Gasteiger partial charge < -0.3 is 24.5 Å². The minimum atomic E-state index is -0.731. The first-order chi connectivity index (χ1) is 12.1. The van der Waals surface area contributed by atoms with Gasteiger partial charge in [0.2, 0.25) is 5.91 Å². The number of amides is 2. The molecule has 3 rings (SSSR count). The SMILES string of the molecule is CC(=O)N1CCN(C(=O)c2ccccc2N2CCOCC2)C[C@H](O)C1. The Morgan fingerprint density at radius 2 is 1.68 bits per heavy atom. The van der Waals surface area contributed by atoms with Crippen LogP contribution in [0.1, 0.15) is 17.3 Å². The van der Waals surface area contributed by atoms with Gasteiger partial charge in [0.05, 0.1) is 24.9 Å². The van der Waals surface area contributed by atoms with E-state index in [9.17, 15) is 14.7 Å². The maximum atomic E-state index is 13.1. The van der Waals surface area contributed by atoms with E-state index in [2.05, 4.69) is 4.90 Å². The van der Waals surface area contributed by atoms with E-state index < -0.39 is 6.10 Å². The van der Waals surface area contributed by atoms with E-state index in [1.807, 2.05) is 24.3 Å². The number of rotatable bonds is 2. The number of morpholine rings is 1. The molecule has 2 heterocycles. The number of β-amino-alcohol motifs (C(OH)–C–C–N with tert-alkyl or cyclic N) is 1. The Balaban J connectivity index is 1.79. The van der Waals surface area contributed by atoms with E-state index in [0.29, 0.717) is 31.9 Å². The molecule has 7 heteroatoms. The van der Waals surface area contributed by atoms with Crippen molar-refractivity contribution in [3.8, 4) is 0 Å². The van der Waals surface area contributed by atoms with Crippen molar-refractivity contribution < 1.29 is 19.4 Å². The summed E-state index contributed by atoms with van der Waals surface area (Å²) in [5.41, 5.74) is 1.53. The number of carbonyl (C=O) groups is 2. The lowest BCUT2D eigenvalue weighted by Crippen LogP contribution is -2.40. The monoisotopic (exact) mass is 347 g/mol. The average Bonchev–Trinajstić information content (AvgIpc) is 2.84. The standard InChI is InChI=1S/C18H25N3O4/c1-14(22)20-6-7-21(13-15(23)12-20)18(24)16-4-2-3-5-17(16)19-8-10-25-11-9-19/h2-5,15,23H,6-13H2,1H3/t15-/m1/s1. The fourth-order valence-electron chi connectivity index (χ4n) is 3.37. The summed E-state index contributed by atoms with van der Waals surface area (Å²) in [6.45, 7) is 5.67. The normalized spacial score (nSPS) is 21.8. The topological polar surface area (TPSA) is 73.3 Å². The summed E-state index contributed by atoms with van der Waals surface area (Å²) in [4.78, 5) is 30.1. The Morgan fingerprint density at radius 1 is 1.04 bits per heavy atom. The molecule has 0 spiro atoms. The average molecular weight is 347 g/mol. The molecular formula is C18H25N3O4. The highest BCUT2D eigenvalue weighted by atomic mass is 16.5. The molecule has 0 saturated carbocycles. The van der Waals surface area contributed by atoms with Crippen LogP contribution in [0.3, 0.4) is 0 Å². The number of hydrogen-bond donors (Lipinski definition) is 1. The van der Waals surface area contributed by atoms with Gasteiger partial charge in [-0.1, -0.05) is 12.1 Å². The molecule has 2 aliphatic rings. The molecule has 136 valence electrons. The number of para-hydroxylation sites is 1. The second-order valence-corrected chi connectivity index (χ2v) is 6.49. The van der Waals surface area contributed by atoms with E-state index in [4.69, 9.17) is 4.74 Å². The van der Waals surface area contributed by atoms with Crippen LogP contribution in [0.2, 0.25) is 0 Å². The number of hydrogen-bond acceptors (Lipinski definition) is 5. The van der Waals surface area contributed by atoms with Crippen molar-refractivity contribution in [2.75, 3.05) is 57.4 Å². The first-order valence-electron chi connectivity index (χ1n) is 8.71. The van der Waals surface area contributed by atoms with E-state index in [1.165, 1.54) is 6.92 Å². The zero-order chi connectivity index (χ0) is 17.8. The molecule has 2 fully saturated rings. The summed E-state index contributed by atoms with van der Waals surface area (Å²) in [7, 11) is 0. The predicted octanol–water partition coefficient (Wildman–Crippen LogP) is 0.188. The minimum absolute atomic E-state index is 0.0814. The number of anilines is 1. The third-order valence-electron chi connectivity index (χ3n) is 4.72. The van der Waals surface area contributed by atoms with Crippen molar-refractivity contribution in [1.29, 1.82) is 0 Å². The largest absolute Gasteiger partial charge is 0.389 e. The van der Waals surface area contributed by atoms with Crippen molar-refractivity contribution in [1.82, 2.24) is 9.80 Å². The molecule has 7 nitrogen and oxygen atoms in total. The Kier molecular flexibility index (Phi) is 5.55. The second kappa shape index (κ2) is 7.84. The van der Waals surface area contributed by atoms with Crippen LogP contribution in [-0.4, -0.2) is 85.3 Å². The summed E-state index contributed by atoms with van der Waals surface area (Å²) >= 11 is 0. The third kappa shape index (κ3) is 4.11. The lowest BCUT2D eigenvalue weighted by atomic mass is 10.1. The molecule has 0 radical (unpaired) electrons. The summed E-state index contributed by atoms with van der Waals surface area (Å²) in [6, 6.07) is 7.56. The second-order valence-electron chi connectivity index (χ2n) is 6.49. The fourth-order valence-corrected chi connectivity index (χ4v) is 3.37. The molecule has 1 aromatic carbocycles. The van der Waals surface area contributed by atoms with Gasteiger partial charge in [0.15, 0.2) is 0 Å². The molecule has 0 unspecified atom stereocenters. The van der Waals surface area contributed by atoms with Crippen LogP contribution in [-0.2, 0) is 9.53 Å². The Bertz CT molecular complexity index is 631. The summed E-state index contributed by atoms with van der Waals surface area (Å²) in [5, 5.41) is 10.2. The van der Waals surface area contributed by atoms with Crippen LogP contribution in [0, 0.1) is 0 Å². The zero-order valence-electron chi connectivity index (χ0n) is 14.6. The number of aliphatic hydroxyl groups is 1. The Labute approximate surface area is 147 Å². The Hall–Kier alpha value is -2.12. The molecule has 2 aliphatic heterocycles. The molecule has 0 aromatic heterocycles. The van der Waals surface area contributed by atoms with Crippen molar-refractivity contribution in [2.45, 2.75) is 13.0 Å². The molecule has 0 aliphatic carbocycles. The van der Waals surface area contributed by atoms with Crippen LogP contribution in [0.25, 0.3) is 0 Å². The fraction of sp³-hybridized carbons (Fsp3) is 0.556. The van der Waals surface area contributed by atoms with Crippen molar-refractivity contribution in [2.24, 2.45) is 0 Å². The predicted molar refractivity (Wildman–Crippen MR) is 93.6 cm³/mol. The van der Waals surface area contributed by atoms with Crippen LogP contribution < -0.4 is 4.90 Å². The number of nitrogens with zero attached hydrogens (tertiary/aromatic N) is 3. The maximum absolute atomic E-state index is 13.1. The van der Waals surface area contributed by atoms with Gasteiger partial charge in [-0.2, -0.15) is 0 Å². The molecule has 25 heavy (non-hydrogen) atoms. The van der Waals surface area contributed by atoms with Gasteiger partial charge in [-0.15, -0.1) is 0 Å². The van der Waals surface area contributed by atoms with E-state index >= 15 is 0 Å². The minimum Gasteiger partial charge on any atom is -0.389 e. The highest BCUT2D eigenvalue weighted by Gasteiger charge is 2.28. The molecule has 2 saturated heterocycles. The molecular weight excluding hydrogens is 322 g/mol. The highest BCUT2D eigenvalue weighted by Crippen LogP contribution is 2.23. The molecule has 0 bridgehead atoms. The van der Waals surface area contributed by atoms with Crippen LogP contribution in [0.5, 0.6) is 0 Å². The summed E-state index contributed by atoms with van der Waals surface area (Å²) in [5.74, 6) is -0.186. The molecule has 1 N–H and O–H groups in total. The summed E-state index contributed by atoms with van der Waals surface area (Å²) in [6.07, 6.45) is -0.731. The van der Waals surface area contributed by atoms with Crippen LogP contribution in [0.15, 0.2) is 24.3 Å². The third-order valence-corrected chi connectivity index (χ3v) is 4.72.